The molecule has 4 nitrogen and oxygen atoms in total. The van der Waals surface area contributed by atoms with Crippen LogP contribution in [-0.2, 0) is 0 Å². The summed E-state index contributed by atoms with van der Waals surface area (Å²) in [7, 11) is 0. The van der Waals surface area contributed by atoms with E-state index < -0.39 is 0 Å². The van der Waals surface area contributed by atoms with E-state index in [1.165, 1.54) is 27.1 Å². The van der Waals surface area contributed by atoms with Crippen molar-refractivity contribution in [1.82, 2.24) is 15.0 Å². The zero-order valence-corrected chi connectivity index (χ0v) is 24.3. The Kier molecular flexibility index (Phi) is 5.91. The van der Waals surface area contributed by atoms with Gasteiger partial charge >= 0.3 is 0 Å². The van der Waals surface area contributed by atoms with Crippen molar-refractivity contribution in [2.45, 2.75) is 12.0 Å². The van der Waals surface area contributed by atoms with Gasteiger partial charge in [0.1, 0.15) is 11.9 Å². The van der Waals surface area contributed by atoms with E-state index in [2.05, 4.69) is 84.9 Å². The van der Waals surface area contributed by atoms with E-state index in [1.807, 2.05) is 66.7 Å². The molecule has 0 saturated heterocycles. The fourth-order valence-electron chi connectivity index (χ4n) is 6.85. The van der Waals surface area contributed by atoms with Crippen molar-refractivity contribution in [3.63, 3.8) is 0 Å². The summed E-state index contributed by atoms with van der Waals surface area (Å²) in [5.74, 6) is 2.79. The van der Waals surface area contributed by atoms with Crippen LogP contribution in [0.25, 0.3) is 55.5 Å². The van der Waals surface area contributed by atoms with Crippen molar-refractivity contribution in [1.29, 1.82) is 0 Å². The van der Waals surface area contributed by atoms with Gasteiger partial charge in [-0.2, -0.15) is 0 Å². The van der Waals surface area contributed by atoms with Gasteiger partial charge in [-0.25, -0.2) is 15.0 Å². The van der Waals surface area contributed by atoms with Gasteiger partial charge in [0.15, 0.2) is 17.5 Å². The highest BCUT2D eigenvalue weighted by Gasteiger charge is 2.42. The molecule has 212 valence electrons. The molecule has 2 unspecified atom stereocenters. The molecule has 0 radical (unpaired) electrons. The summed E-state index contributed by atoms with van der Waals surface area (Å²) >= 11 is 0. The highest BCUT2D eigenvalue weighted by atomic mass is 16.5. The van der Waals surface area contributed by atoms with E-state index in [0.717, 1.165) is 33.6 Å². The van der Waals surface area contributed by atoms with Crippen molar-refractivity contribution < 1.29 is 4.74 Å². The molecule has 9 rings (SSSR count). The van der Waals surface area contributed by atoms with Gasteiger partial charge in [0.05, 0.1) is 5.92 Å². The van der Waals surface area contributed by atoms with Crippen LogP contribution in [0.4, 0.5) is 0 Å². The molecule has 2 aliphatic rings. The fourth-order valence-corrected chi connectivity index (χ4v) is 6.85. The second-order valence-electron chi connectivity index (χ2n) is 11.5. The number of ether oxygens (including phenoxy) is 1. The average molecular weight is 578 g/mol. The van der Waals surface area contributed by atoms with Crippen molar-refractivity contribution >= 4 is 32.7 Å². The number of para-hydroxylation sites is 1. The third kappa shape index (κ3) is 4.26. The van der Waals surface area contributed by atoms with Gasteiger partial charge in [0, 0.05) is 27.8 Å². The number of nitrogens with zero attached hydrogens (tertiary/aromatic N) is 3. The number of fused-ring (bicyclic) bond motifs is 6. The van der Waals surface area contributed by atoms with E-state index in [4.69, 9.17) is 19.7 Å². The summed E-state index contributed by atoms with van der Waals surface area (Å²) in [5, 5.41) is 4.93. The predicted molar refractivity (Wildman–Crippen MR) is 182 cm³/mol. The summed E-state index contributed by atoms with van der Waals surface area (Å²) in [5.41, 5.74) is 6.42. The van der Waals surface area contributed by atoms with Crippen molar-refractivity contribution in [3.8, 4) is 28.5 Å². The maximum Gasteiger partial charge on any atom is 0.164 e. The largest absolute Gasteiger partial charge is 0.484 e. The standard InChI is InChI=1S/C41H27N3O/c1-3-13-26(14-4-1)39-42-40(27-15-5-2-6-16-27)44-41(43-39)34-24-23-32(38-37(34)33-21-11-12-22-36(33)45-38)35-25-28-17-7-8-18-29(28)30-19-9-10-20-31(30)35/h1-25,37-38H. The Labute approximate surface area is 261 Å². The van der Waals surface area contributed by atoms with E-state index in [0.29, 0.717) is 17.5 Å². The smallest absolute Gasteiger partial charge is 0.164 e. The normalized spacial score (nSPS) is 16.9. The molecule has 6 aromatic carbocycles. The lowest BCUT2D eigenvalue weighted by Gasteiger charge is -2.28. The first-order valence-electron chi connectivity index (χ1n) is 15.3. The summed E-state index contributed by atoms with van der Waals surface area (Å²) in [4.78, 5) is 15.1. The minimum absolute atomic E-state index is 0.0823. The first-order chi connectivity index (χ1) is 22.3. The van der Waals surface area contributed by atoms with Crippen molar-refractivity contribution in [2.24, 2.45) is 0 Å². The lowest BCUT2D eigenvalue weighted by Crippen LogP contribution is -2.25. The quantitative estimate of drug-likeness (QED) is 0.196. The molecule has 0 saturated carbocycles. The Bertz CT molecular complexity index is 2250. The van der Waals surface area contributed by atoms with Crippen LogP contribution in [-0.4, -0.2) is 21.1 Å². The second-order valence-corrected chi connectivity index (χ2v) is 11.5. The molecule has 0 fully saturated rings. The van der Waals surface area contributed by atoms with Crippen LogP contribution in [0.15, 0.2) is 152 Å². The van der Waals surface area contributed by atoms with Crippen LogP contribution >= 0.6 is 0 Å². The van der Waals surface area contributed by atoms with E-state index >= 15 is 0 Å². The lowest BCUT2D eigenvalue weighted by atomic mass is 9.77. The Balaban J connectivity index is 1.28. The Hall–Kier alpha value is -5.87. The van der Waals surface area contributed by atoms with Crippen LogP contribution in [0.2, 0.25) is 0 Å². The van der Waals surface area contributed by atoms with Crippen LogP contribution < -0.4 is 4.74 Å². The van der Waals surface area contributed by atoms with Gasteiger partial charge in [-0.1, -0.05) is 140 Å². The third-order valence-corrected chi connectivity index (χ3v) is 8.93. The Morgan fingerprint density at radius 1 is 0.467 bits per heavy atom. The van der Waals surface area contributed by atoms with E-state index in [1.54, 1.807) is 0 Å². The second kappa shape index (κ2) is 10.4. The van der Waals surface area contributed by atoms with Gasteiger partial charge < -0.3 is 4.74 Å². The molecule has 0 spiro atoms. The zero-order valence-electron chi connectivity index (χ0n) is 24.3. The van der Waals surface area contributed by atoms with Crippen LogP contribution in [0.5, 0.6) is 5.75 Å². The van der Waals surface area contributed by atoms with Gasteiger partial charge in [0.25, 0.3) is 0 Å². The van der Waals surface area contributed by atoms with E-state index in [9.17, 15) is 0 Å². The predicted octanol–water partition coefficient (Wildman–Crippen LogP) is 9.54. The maximum atomic E-state index is 6.84. The topological polar surface area (TPSA) is 47.9 Å². The number of allylic oxidation sites excluding steroid dienone is 2. The number of hydrogen-bond acceptors (Lipinski definition) is 4. The first kappa shape index (κ1) is 25.6. The molecular weight excluding hydrogens is 550 g/mol. The Morgan fingerprint density at radius 3 is 1.76 bits per heavy atom. The molecule has 45 heavy (non-hydrogen) atoms. The lowest BCUT2D eigenvalue weighted by molar-refractivity contribution is 0.281. The SMILES string of the molecule is C1=C(c2cc3ccccc3c3ccccc23)C2Oc3ccccc3C2C(c2nc(-c3ccccc3)nc(-c3ccccc3)n2)=C1. The molecule has 7 aromatic rings. The highest BCUT2D eigenvalue weighted by Crippen LogP contribution is 2.52. The molecule has 2 atom stereocenters. The van der Waals surface area contributed by atoms with Crippen LogP contribution in [0.3, 0.4) is 0 Å². The number of rotatable bonds is 4. The van der Waals surface area contributed by atoms with Crippen LogP contribution in [0, 0.1) is 0 Å². The molecular formula is C41H27N3O. The molecule has 0 N–H and O–H groups in total. The molecule has 1 aliphatic heterocycles. The monoisotopic (exact) mass is 577 g/mol. The Morgan fingerprint density at radius 2 is 1.02 bits per heavy atom. The maximum absolute atomic E-state index is 6.84. The summed E-state index contributed by atoms with van der Waals surface area (Å²) in [6.07, 6.45) is 4.18. The van der Waals surface area contributed by atoms with E-state index in [-0.39, 0.29) is 12.0 Å². The molecule has 4 heteroatoms. The van der Waals surface area contributed by atoms with Crippen molar-refractivity contribution in [3.05, 3.63) is 169 Å². The van der Waals surface area contributed by atoms with Crippen LogP contribution in [0.1, 0.15) is 22.9 Å². The highest BCUT2D eigenvalue weighted by molar-refractivity contribution is 6.12. The minimum atomic E-state index is -0.232. The van der Waals surface area contributed by atoms with Gasteiger partial charge in [-0.05, 0) is 39.2 Å². The average Bonchev–Trinajstić information content (AvgIpc) is 3.51. The fraction of sp³-hybridized carbons (Fsp3) is 0.0488. The van der Waals surface area contributed by atoms with Gasteiger partial charge in [-0.15, -0.1) is 0 Å². The molecule has 1 aliphatic carbocycles. The third-order valence-electron chi connectivity index (χ3n) is 8.93. The summed E-state index contributed by atoms with van der Waals surface area (Å²) in [6, 6.07) is 48.2. The number of benzene rings is 6. The van der Waals surface area contributed by atoms with Gasteiger partial charge in [0.2, 0.25) is 0 Å². The molecule has 2 heterocycles. The first-order valence-corrected chi connectivity index (χ1v) is 15.3. The molecule has 0 amide bonds. The molecule has 0 bridgehead atoms. The van der Waals surface area contributed by atoms with Gasteiger partial charge in [-0.3, -0.25) is 0 Å². The molecule has 1 aromatic heterocycles. The summed E-state index contributed by atoms with van der Waals surface area (Å²) < 4.78 is 6.84. The van der Waals surface area contributed by atoms with Crippen molar-refractivity contribution in [2.75, 3.05) is 0 Å². The number of aromatic nitrogens is 3. The number of hydrogen-bond donors (Lipinski definition) is 0. The summed E-state index contributed by atoms with van der Waals surface area (Å²) in [6.45, 7) is 0. The zero-order chi connectivity index (χ0) is 29.7. The minimum Gasteiger partial charge on any atom is -0.484 e.